The minimum Gasteiger partial charge on any atom is -0.489 e. The van der Waals surface area contributed by atoms with Crippen LogP contribution in [0, 0.1) is 0 Å². The maximum absolute atomic E-state index is 13.0. The number of fused-ring (bicyclic) bond motifs is 4. The summed E-state index contributed by atoms with van der Waals surface area (Å²) in [6, 6.07) is 10.8. The summed E-state index contributed by atoms with van der Waals surface area (Å²) in [5, 5.41) is 14.2. The van der Waals surface area contributed by atoms with Crippen LogP contribution in [-0.2, 0) is 22.6 Å². The van der Waals surface area contributed by atoms with E-state index in [2.05, 4.69) is 30.8 Å². The molecule has 4 aliphatic rings. The van der Waals surface area contributed by atoms with Crippen LogP contribution in [0.15, 0.2) is 73.6 Å². The zero-order valence-electron chi connectivity index (χ0n) is 34.7. The van der Waals surface area contributed by atoms with Crippen LogP contribution >= 0.6 is 0 Å². The molecule has 4 amide bonds. The molecule has 2 aromatic carbocycles. The van der Waals surface area contributed by atoms with E-state index in [0.29, 0.717) is 95.9 Å². The number of nitrogens with zero attached hydrogens (tertiary/aromatic N) is 8. The Morgan fingerprint density at radius 2 is 1.11 bits per heavy atom. The Kier molecular flexibility index (Phi) is 11.0. The maximum Gasteiger partial charge on any atom is 0.261 e. The van der Waals surface area contributed by atoms with Gasteiger partial charge in [-0.3, -0.25) is 19.2 Å². The van der Waals surface area contributed by atoms with E-state index in [4.69, 9.17) is 18.9 Å². The average Bonchev–Trinajstić information content (AvgIpc) is 4.12. The van der Waals surface area contributed by atoms with Crippen molar-refractivity contribution in [1.82, 2.24) is 39.0 Å². The highest BCUT2D eigenvalue weighted by molar-refractivity contribution is 6.10. The average molecular weight is 843 g/mol. The summed E-state index contributed by atoms with van der Waals surface area (Å²) in [6.45, 7) is 11.0. The fourth-order valence-electron chi connectivity index (χ4n) is 8.11. The van der Waals surface area contributed by atoms with Crippen LogP contribution in [0.4, 0.5) is 11.4 Å². The molecule has 2 fully saturated rings. The van der Waals surface area contributed by atoms with Gasteiger partial charge >= 0.3 is 0 Å². The number of ether oxygens (including phenoxy) is 4. The number of anilines is 2. The van der Waals surface area contributed by atoms with Gasteiger partial charge in [-0.15, -0.1) is 0 Å². The molecule has 6 aromatic rings. The quantitative estimate of drug-likeness (QED) is 0.187. The molecule has 62 heavy (non-hydrogen) atoms. The molecule has 2 N–H and O–H groups in total. The van der Waals surface area contributed by atoms with Gasteiger partial charge in [-0.1, -0.05) is 0 Å². The summed E-state index contributed by atoms with van der Waals surface area (Å²) in [7, 11) is 0. The third-order valence-corrected chi connectivity index (χ3v) is 11.0. The van der Waals surface area contributed by atoms with Crippen molar-refractivity contribution in [3.05, 3.63) is 107 Å². The smallest absolute Gasteiger partial charge is 0.261 e. The van der Waals surface area contributed by atoms with E-state index in [9.17, 15) is 19.2 Å². The molecule has 18 heteroatoms. The number of hydrogen-bond acceptors (Lipinski definition) is 12. The molecule has 4 aromatic heterocycles. The molecule has 2 saturated heterocycles. The fraction of sp³-hybridized carbons (Fsp3) is 0.364. The van der Waals surface area contributed by atoms with Crippen molar-refractivity contribution in [2.45, 2.75) is 77.9 Å². The standard InChI is InChI=1S/2C22H23N5O4/c2*1-13(2)31-19-9-16-14(11-26(22(16)29)15-4-7-30-12-15)8-18(19)25-21(28)17-10-24-27-6-3-5-23-20(17)27/h2*3,5-6,8-10,13,15H,4,7,11-12H2,1-2H3,(H,25,28)/t2*15-/m10/s1. The zero-order chi connectivity index (χ0) is 43.1. The summed E-state index contributed by atoms with van der Waals surface area (Å²) in [4.78, 5) is 64.2. The number of nitrogens with one attached hydrogen (secondary N) is 2. The van der Waals surface area contributed by atoms with E-state index >= 15 is 0 Å². The van der Waals surface area contributed by atoms with Crippen molar-refractivity contribution in [2.75, 3.05) is 37.1 Å². The summed E-state index contributed by atoms with van der Waals surface area (Å²) in [5.41, 5.74) is 5.63. The topological polar surface area (TPSA) is 196 Å². The van der Waals surface area contributed by atoms with Crippen LogP contribution in [0.5, 0.6) is 11.5 Å². The largest absolute Gasteiger partial charge is 0.489 e. The molecule has 18 nitrogen and oxygen atoms in total. The van der Waals surface area contributed by atoms with Crippen molar-refractivity contribution in [2.24, 2.45) is 0 Å². The monoisotopic (exact) mass is 842 g/mol. The Balaban J connectivity index is 0.000000158. The highest BCUT2D eigenvalue weighted by atomic mass is 16.5. The molecular weight excluding hydrogens is 797 g/mol. The molecule has 0 saturated carbocycles. The predicted octanol–water partition coefficient (Wildman–Crippen LogP) is 5.03. The number of benzene rings is 2. The van der Waals surface area contributed by atoms with E-state index in [1.165, 1.54) is 12.4 Å². The number of aromatic nitrogens is 6. The molecule has 0 spiro atoms. The van der Waals surface area contributed by atoms with Gasteiger partial charge in [-0.2, -0.15) is 10.2 Å². The van der Waals surface area contributed by atoms with Gasteiger partial charge in [0.05, 0.1) is 61.3 Å². The van der Waals surface area contributed by atoms with E-state index in [1.807, 2.05) is 49.6 Å². The van der Waals surface area contributed by atoms with E-state index in [0.717, 1.165) is 24.0 Å². The Labute approximate surface area is 356 Å². The lowest BCUT2D eigenvalue weighted by Gasteiger charge is -2.21. The first kappa shape index (κ1) is 40.5. The molecule has 0 aliphatic carbocycles. The predicted molar refractivity (Wildman–Crippen MR) is 224 cm³/mol. The lowest BCUT2D eigenvalue weighted by atomic mass is 10.1. The van der Waals surface area contributed by atoms with Gasteiger partial charge in [-0.25, -0.2) is 19.0 Å². The number of rotatable bonds is 10. The lowest BCUT2D eigenvalue weighted by molar-refractivity contribution is 0.0672. The SMILES string of the molecule is CC(C)Oc1cc2c(cc1NC(=O)c1cnn3cccnc13)CN([C@@H]1CCOC1)C2=O.CC(C)Oc1cc2c(cc1NC(=O)c1cnn3cccnc13)CN([C@H]1CCOC1)C2=O. The summed E-state index contributed by atoms with van der Waals surface area (Å²) < 4.78 is 25.9. The van der Waals surface area contributed by atoms with Crippen LogP contribution in [-0.4, -0.2) is 113 Å². The van der Waals surface area contributed by atoms with Crippen molar-refractivity contribution >= 4 is 46.3 Å². The highest BCUT2D eigenvalue weighted by Gasteiger charge is 2.37. The molecule has 0 unspecified atom stereocenters. The molecule has 4 aliphatic heterocycles. The lowest BCUT2D eigenvalue weighted by Crippen LogP contribution is -2.35. The minimum atomic E-state index is -0.340. The van der Waals surface area contributed by atoms with Crippen LogP contribution < -0.4 is 20.1 Å². The first-order chi connectivity index (χ1) is 30.0. The van der Waals surface area contributed by atoms with Crippen LogP contribution in [0.1, 0.15) is 93.1 Å². The van der Waals surface area contributed by atoms with Crippen molar-refractivity contribution < 1.29 is 38.1 Å². The zero-order valence-corrected chi connectivity index (χ0v) is 34.7. The molecule has 10 rings (SSSR count). The Morgan fingerprint density at radius 1 is 0.677 bits per heavy atom. The third kappa shape index (κ3) is 7.89. The van der Waals surface area contributed by atoms with Gasteiger partial charge in [0.1, 0.15) is 22.6 Å². The number of carbonyl (C=O) groups excluding carboxylic acids is 4. The Morgan fingerprint density at radius 3 is 1.50 bits per heavy atom. The number of amides is 4. The second-order valence-electron chi connectivity index (χ2n) is 16.0. The molecule has 320 valence electrons. The summed E-state index contributed by atoms with van der Waals surface area (Å²) >= 11 is 0. The second-order valence-corrected chi connectivity index (χ2v) is 16.0. The van der Waals surface area contributed by atoms with Gasteiger partial charge in [-0.05, 0) is 88.1 Å². The molecular formula is C44H46N10O8. The van der Waals surface area contributed by atoms with Gasteiger partial charge in [0.2, 0.25) is 0 Å². The number of hydrogen-bond donors (Lipinski definition) is 2. The molecule has 0 bridgehead atoms. The van der Waals surface area contributed by atoms with Gasteiger partial charge in [0.25, 0.3) is 23.6 Å². The van der Waals surface area contributed by atoms with Crippen LogP contribution in [0.3, 0.4) is 0 Å². The molecule has 0 radical (unpaired) electrons. The molecule has 2 atom stereocenters. The Hall–Kier alpha value is -6.92. The van der Waals surface area contributed by atoms with Crippen molar-refractivity contribution in [3.63, 3.8) is 0 Å². The summed E-state index contributed by atoms with van der Waals surface area (Å²) in [5.74, 6) is 0.196. The van der Waals surface area contributed by atoms with Crippen LogP contribution in [0.25, 0.3) is 11.3 Å². The van der Waals surface area contributed by atoms with Crippen molar-refractivity contribution in [1.29, 1.82) is 0 Å². The van der Waals surface area contributed by atoms with Gasteiger partial charge in [0, 0.05) is 62.2 Å². The number of carbonyl (C=O) groups is 4. The second kappa shape index (κ2) is 16.9. The third-order valence-electron chi connectivity index (χ3n) is 11.0. The maximum atomic E-state index is 13.0. The first-order valence-corrected chi connectivity index (χ1v) is 20.7. The van der Waals surface area contributed by atoms with Crippen LogP contribution in [0.2, 0.25) is 0 Å². The normalized spacial score (nSPS) is 18.1. The summed E-state index contributed by atoms with van der Waals surface area (Å²) in [6.07, 6.45) is 11.1. The Bertz CT molecular complexity index is 2520. The minimum absolute atomic E-state index is 0.0242. The van der Waals surface area contributed by atoms with Gasteiger partial charge in [0.15, 0.2) is 11.3 Å². The van der Waals surface area contributed by atoms with E-state index in [1.54, 1.807) is 58.1 Å². The van der Waals surface area contributed by atoms with Crippen molar-refractivity contribution in [3.8, 4) is 11.5 Å². The van der Waals surface area contributed by atoms with Gasteiger partial charge < -0.3 is 39.4 Å². The van der Waals surface area contributed by atoms with E-state index in [-0.39, 0.29) is 47.9 Å². The fourth-order valence-corrected chi connectivity index (χ4v) is 8.11. The molecule has 8 heterocycles. The first-order valence-electron chi connectivity index (χ1n) is 20.7. The van der Waals surface area contributed by atoms with E-state index < -0.39 is 0 Å². The highest BCUT2D eigenvalue weighted by Crippen LogP contribution is 2.38.